The number of nitrogens with zero attached hydrogens (tertiary/aromatic N) is 1. The van der Waals surface area contributed by atoms with E-state index in [1.807, 2.05) is 0 Å². The molecule has 0 unspecified atom stereocenters. The van der Waals surface area contributed by atoms with Gasteiger partial charge in [0.15, 0.2) is 0 Å². The fraction of sp³-hybridized carbons (Fsp3) is 0.333. The van der Waals surface area contributed by atoms with Crippen LogP contribution in [0.15, 0.2) is 18.2 Å². The summed E-state index contributed by atoms with van der Waals surface area (Å²) in [6, 6.07) is 4.85. The van der Waals surface area contributed by atoms with Crippen LogP contribution in [0.25, 0.3) is 0 Å². The number of halogens is 2. The Morgan fingerprint density at radius 2 is 2.12 bits per heavy atom. The van der Waals surface area contributed by atoms with Gasteiger partial charge in [-0.3, -0.25) is 4.79 Å². The molecule has 0 aliphatic carbocycles. The highest BCUT2D eigenvalue weighted by Gasteiger charge is 2.26. The van der Waals surface area contributed by atoms with Crippen molar-refractivity contribution in [1.82, 2.24) is 5.32 Å². The molecule has 1 amide bonds. The number of nitrogens with one attached hydrogen (secondary N) is 1. The van der Waals surface area contributed by atoms with E-state index < -0.39 is 23.1 Å². The van der Waals surface area contributed by atoms with Gasteiger partial charge < -0.3 is 5.32 Å². The first kappa shape index (κ1) is 13.1. The van der Waals surface area contributed by atoms with Crippen molar-refractivity contribution < 1.29 is 13.6 Å². The fourth-order valence-electron chi connectivity index (χ4n) is 1.53. The first-order valence-electron chi connectivity index (χ1n) is 5.00. The molecular weight excluding hydrogens is 226 g/mol. The first-order valence-corrected chi connectivity index (χ1v) is 5.00. The third kappa shape index (κ3) is 3.25. The Morgan fingerprint density at radius 3 is 2.65 bits per heavy atom. The molecular formula is C12H12F2N2O. The van der Waals surface area contributed by atoms with E-state index in [1.165, 1.54) is 6.07 Å². The van der Waals surface area contributed by atoms with Gasteiger partial charge in [-0.2, -0.15) is 5.26 Å². The van der Waals surface area contributed by atoms with Crippen molar-refractivity contribution in [1.29, 1.82) is 5.26 Å². The Labute approximate surface area is 98.1 Å². The highest BCUT2D eigenvalue weighted by atomic mass is 19.1. The van der Waals surface area contributed by atoms with Gasteiger partial charge in [-0.25, -0.2) is 8.78 Å². The molecule has 1 N–H and O–H groups in total. The molecule has 3 nitrogen and oxygen atoms in total. The van der Waals surface area contributed by atoms with Gasteiger partial charge in [-0.15, -0.1) is 0 Å². The maximum absolute atomic E-state index is 13.5. The van der Waals surface area contributed by atoms with Crippen LogP contribution in [-0.2, 0) is 10.3 Å². The number of benzene rings is 1. The lowest BCUT2D eigenvalue weighted by atomic mass is 9.93. The molecule has 0 fully saturated rings. The molecule has 1 aromatic carbocycles. The fourth-order valence-corrected chi connectivity index (χ4v) is 1.53. The molecule has 0 bridgehead atoms. The minimum atomic E-state index is -0.994. The lowest BCUT2D eigenvalue weighted by molar-refractivity contribution is -0.121. The molecule has 17 heavy (non-hydrogen) atoms. The third-order valence-electron chi connectivity index (χ3n) is 2.30. The normalized spacial score (nSPS) is 10.8. The summed E-state index contributed by atoms with van der Waals surface area (Å²) in [5.41, 5.74) is -0.823. The third-order valence-corrected chi connectivity index (χ3v) is 2.30. The van der Waals surface area contributed by atoms with Crippen LogP contribution >= 0.6 is 0 Å². The quantitative estimate of drug-likeness (QED) is 0.877. The standard InChI is InChI=1S/C12H12F2N2O/c1-12(2,16-11(17)5-6-15)9-4-3-8(13)7-10(9)14/h3-4,7H,5H2,1-2H3,(H,16,17). The van der Waals surface area contributed by atoms with Crippen LogP contribution in [0.1, 0.15) is 25.8 Å². The van der Waals surface area contributed by atoms with Crippen LogP contribution in [-0.4, -0.2) is 5.91 Å². The summed E-state index contributed by atoms with van der Waals surface area (Å²) in [6.07, 6.45) is -0.299. The van der Waals surface area contributed by atoms with Crippen molar-refractivity contribution in [2.24, 2.45) is 0 Å². The molecule has 1 rings (SSSR count). The van der Waals surface area contributed by atoms with Crippen molar-refractivity contribution in [3.8, 4) is 6.07 Å². The maximum atomic E-state index is 13.5. The highest BCUT2D eigenvalue weighted by molar-refractivity contribution is 5.78. The van der Waals surface area contributed by atoms with Crippen molar-refractivity contribution in [2.75, 3.05) is 0 Å². The number of hydrogen-bond acceptors (Lipinski definition) is 2. The van der Waals surface area contributed by atoms with Gasteiger partial charge in [-0.1, -0.05) is 6.07 Å². The smallest absolute Gasteiger partial charge is 0.234 e. The Bertz CT molecular complexity index is 478. The van der Waals surface area contributed by atoms with E-state index in [1.54, 1.807) is 19.9 Å². The lowest BCUT2D eigenvalue weighted by Gasteiger charge is -2.26. The lowest BCUT2D eigenvalue weighted by Crippen LogP contribution is -2.41. The molecule has 0 heterocycles. The SMILES string of the molecule is CC(C)(NC(=O)CC#N)c1ccc(F)cc1F. The summed E-state index contributed by atoms with van der Waals surface area (Å²) in [5, 5.41) is 10.9. The van der Waals surface area contributed by atoms with E-state index in [2.05, 4.69) is 5.32 Å². The molecule has 5 heteroatoms. The topological polar surface area (TPSA) is 52.9 Å². The van der Waals surface area contributed by atoms with Gasteiger partial charge in [0.05, 0.1) is 11.6 Å². The largest absolute Gasteiger partial charge is 0.346 e. The zero-order chi connectivity index (χ0) is 13.1. The van der Waals surface area contributed by atoms with Crippen molar-refractivity contribution in [3.05, 3.63) is 35.4 Å². The molecule has 90 valence electrons. The molecule has 0 spiro atoms. The van der Waals surface area contributed by atoms with E-state index in [0.29, 0.717) is 0 Å². The molecule has 0 aliphatic heterocycles. The van der Waals surface area contributed by atoms with Gasteiger partial charge >= 0.3 is 0 Å². The minimum Gasteiger partial charge on any atom is -0.346 e. The number of carbonyl (C=O) groups excluding carboxylic acids is 1. The summed E-state index contributed by atoms with van der Waals surface area (Å²) in [5.74, 6) is -1.90. The van der Waals surface area contributed by atoms with E-state index in [0.717, 1.165) is 12.1 Å². The van der Waals surface area contributed by atoms with Crippen LogP contribution in [0.3, 0.4) is 0 Å². The van der Waals surface area contributed by atoms with Crippen LogP contribution in [0.5, 0.6) is 0 Å². The number of nitriles is 1. The molecule has 0 atom stereocenters. The monoisotopic (exact) mass is 238 g/mol. The van der Waals surface area contributed by atoms with Crippen LogP contribution in [0.4, 0.5) is 8.78 Å². The van der Waals surface area contributed by atoms with Crippen LogP contribution in [0, 0.1) is 23.0 Å². The van der Waals surface area contributed by atoms with E-state index in [4.69, 9.17) is 5.26 Å². The summed E-state index contributed by atoms with van der Waals surface area (Å²) in [4.78, 5) is 11.3. The Hall–Kier alpha value is -1.96. The van der Waals surface area contributed by atoms with E-state index in [9.17, 15) is 13.6 Å². The van der Waals surface area contributed by atoms with E-state index >= 15 is 0 Å². The van der Waals surface area contributed by atoms with E-state index in [-0.39, 0.29) is 12.0 Å². The Balaban J connectivity index is 2.97. The molecule has 0 aliphatic rings. The molecule has 1 aromatic rings. The molecule has 0 radical (unpaired) electrons. The second kappa shape index (κ2) is 4.91. The zero-order valence-electron chi connectivity index (χ0n) is 9.55. The Morgan fingerprint density at radius 1 is 1.47 bits per heavy atom. The summed E-state index contributed by atoms with van der Waals surface area (Å²) >= 11 is 0. The van der Waals surface area contributed by atoms with Gasteiger partial charge in [0.2, 0.25) is 5.91 Å². The maximum Gasteiger partial charge on any atom is 0.234 e. The number of carbonyl (C=O) groups is 1. The second-order valence-corrected chi connectivity index (χ2v) is 4.13. The second-order valence-electron chi connectivity index (χ2n) is 4.13. The van der Waals surface area contributed by atoms with Gasteiger partial charge in [-0.05, 0) is 19.9 Å². The highest BCUT2D eigenvalue weighted by Crippen LogP contribution is 2.23. The number of hydrogen-bond donors (Lipinski definition) is 1. The molecule has 0 saturated carbocycles. The summed E-state index contributed by atoms with van der Waals surface area (Å²) < 4.78 is 26.3. The van der Waals surface area contributed by atoms with Gasteiger partial charge in [0.1, 0.15) is 18.1 Å². The Kier molecular flexibility index (Phi) is 3.79. The summed E-state index contributed by atoms with van der Waals surface area (Å²) in [6.45, 7) is 3.16. The predicted molar refractivity (Wildman–Crippen MR) is 57.8 cm³/mol. The molecule has 0 aromatic heterocycles. The van der Waals surface area contributed by atoms with Crippen molar-refractivity contribution in [3.63, 3.8) is 0 Å². The molecule has 0 saturated heterocycles. The number of amides is 1. The summed E-state index contributed by atoms with van der Waals surface area (Å²) in [7, 11) is 0. The zero-order valence-corrected chi connectivity index (χ0v) is 9.55. The first-order chi connectivity index (χ1) is 7.86. The average molecular weight is 238 g/mol. The average Bonchev–Trinajstić information content (AvgIpc) is 2.15. The van der Waals surface area contributed by atoms with Crippen molar-refractivity contribution >= 4 is 5.91 Å². The van der Waals surface area contributed by atoms with Crippen LogP contribution in [0.2, 0.25) is 0 Å². The number of rotatable bonds is 3. The minimum absolute atomic E-state index is 0.171. The predicted octanol–water partition coefficient (Wildman–Crippen LogP) is 2.23. The van der Waals surface area contributed by atoms with Crippen LogP contribution < -0.4 is 5.32 Å². The van der Waals surface area contributed by atoms with Crippen molar-refractivity contribution in [2.45, 2.75) is 25.8 Å². The van der Waals surface area contributed by atoms with Gasteiger partial charge in [0, 0.05) is 11.6 Å². The van der Waals surface area contributed by atoms with Gasteiger partial charge in [0.25, 0.3) is 0 Å².